The van der Waals surface area contributed by atoms with Crippen LogP contribution in [0.1, 0.15) is 62.2 Å². The first-order valence-corrected chi connectivity index (χ1v) is 16.9. The zero-order valence-corrected chi connectivity index (χ0v) is 28.0. The summed E-state index contributed by atoms with van der Waals surface area (Å²) in [5.41, 5.74) is -0.151. The van der Waals surface area contributed by atoms with Crippen LogP contribution >= 0.6 is 11.3 Å². The number of ether oxygens (including phenoxy) is 1. The fourth-order valence-corrected chi connectivity index (χ4v) is 7.27. The van der Waals surface area contributed by atoms with Crippen LogP contribution in [0.25, 0.3) is 0 Å². The summed E-state index contributed by atoms with van der Waals surface area (Å²) < 4.78 is 52.6. The number of esters is 1. The van der Waals surface area contributed by atoms with Crippen molar-refractivity contribution in [3.8, 4) is 0 Å². The van der Waals surface area contributed by atoms with Gasteiger partial charge in [-0.15, -0.1) is 11.3 Å². The number of amidine groups is 1. The molecule has 0 bridgehead atoms. The Morgan fingerprint density at radius 2 is 1.98 bits per heavy atom. The maximum Gasteiger partial charge on any atom is 0.338 e. The largest absolute Gasteiger partial charge is 0.481 e. The van der Waals surface area contributed by atoms with Crippen LogP contribution in [0.4, 0.5) is 13.2 Å². The van der Waals surface area contributed by atoms with E-state index in [0.717, 1.165) is 0 Å². The zero-order chi connectivity index (χ0) is 34.5. The highest BCUT2D eigenvalue weighted by Crippen LogP contribution is 2.45. The number of hydrogen-bond donors (Lipinski definition) is 2. The van der Waals surface area contributed by atoms with Crippen LogP contribution in [0.5, 0.6) is 0 Å². The quantitative estimate of drug-likeness (QED) is 0.335. The molecule has 11 nitrogen and oxygen atoms in total. The van der Waals surface area contributed by atoms with Gasteiger partial charge in [-0.3, -0.25) is 24.5 Å². The van der Waals surface area contributed by atoms with Crippen molar-refractivity contribution >= 4 is 35.0 Å². The van der Waals surface area contributed by atoms with E-state index in [0.29, 0.717) is 29.2 Å². The predicted octanol–water partition coefficient (Wildman–Crippen LogP) is 4.16. The molecule has 0 unspecified atom stereocenters. The van der Waals surface area contributed by atoms with Gasteiger partial charge in [0.15, 0.2) is 10.8 Å². The van der Waals surface area contributed by atoms with Crippen LogP contribution < -0.4 is 5.32 Å². The number of fused-ring (bicyclic) bond motifs is 1. The molecule has 0 radical (unpaired) electrons. The number of aliphatic imine (C=N–C) groups is 1. The van der Waals surface area contributed by atoms with Gasteiger partial charge in [-0.05, 0) is 64.2 Å². The van der Waals surface area contributed by atoms with Crippen molar-refractivity contribution in [2.24, 2.45) is 16.3 Å². The smallest absolute Gasteiger partial charge is 0.338 e. The summed E-state index contributed by atoms with van der Waals surface area (Å²) in [6.07, 6.45) is 3.00. The summed E-state index contributed by atoms with van der Waals surface area (Å²) in [4.78, 5) is 49.6. The van der Waals surface area contributed by atoms with Gasteiger partial charge in [-0.1, -0.05) is 12.1 Å². The van der Waals surface area contributed by atoms with Crippen LogP contribution in [0.3, 0.4) is 0 Å². The third-order valence-electron chi connectivity index (χ3n) is 9.62. The van der Waals surface area contributed by atoms with E-state index in [4.69, 9.17) is 9.73 Å². The second-order valence-electron chi connectivity index (χ2n) is 13.4. The molecular formula is C33H39F3N6O5S. The molecule has 15 heteroatoms. The van der Waals surface area contributed by atoms with Gasteiger partial charge in [0.25, 0.3) is 5.92 Å². The number of likely N-dealkylation sites (tertiary alicyclic amines) is 1. The standard InChI is InChI=1S/C33H39F3N6O5S/c1-5-47-30(44)24-22(38-27(28-37-12-14-48-28)39-25(24)20-7-6-8-21(34)18(20)2)15-40-17-33(35,36)26-23(40)16-42(29(43)19-9-10-19)41(26)13-11-32(3,4)31(45)46/h6-8,12,14,19,23,25-26H,5,9-11,13,15-17H2,1-4H3,(H,38,39)(H,45,46)/t23-,25+,26+/m1/s1. The minimum absolute atomic E-state index is 0.00896. The van der Waals surface area contributed by atoms with E-state index in [-0.39, 0.29) is 61.3 Å². The Morgan fingerprint density at radius 1 is 1.23 bits per heavy atom. The van der Waals surface area contributed by atoms with Gasteiger partial charge in [-0.25, -0.2) is 28.0 Å². The number of halogens is 3. The number of carboxylic acids is 1. The van der Waals surface area contributed by atoms with Crippen molar-refractivity contribution in [2.45, 2.75) is 71.0 Å². The maximum atomic E-state index is 16.2. The Kier molecular flexibility index (Phi) is 9.15. The van der Waals surface area contributed by atoms with E-state index < -0.39 is 53.8 Å². The molecule has 0 spiro atoms. The fourth-order valence-electron chi connectivity index (χ4n) is 6.69. The molecule has 2 N–H and O–H groups in total. The molecular weight excluding hydrogens is 649 g/mol. The Hall–Kier alpha value is -3.82. The predicted molar refractivity (Wildman–Crippen MR) is 171 cm³/mol. The number of carbonyl (C=O) groups is 3. The fraction of sp³-hybridized carbons (Fsp3) is 0.545. The number of aromatic nitrogens is 1. The molecule has 1 saturated carbocycles. The minimum Gasteiger partial charge on any atom is -0.481 e. The minimum atomic E-state index is -3.28. The molecule has 1 amide bonds. The molecule has 258 valence electrons. The number of alkyl halides is 2. The number of rotatable bonds is 11. The number of carboxylic acid groups (broad SMARTS) is 1. The molecule has 2 aromatic rings. The number of nitrogens with zero attached hydrogens (tertiary/aromatic N) is 5. The molecule has 4 heterocycles. The van der Waals surface area contributed by atoms with Crippen LogP contribution in [0.15, 0.2) is 46.0 Å². The van der Waals surface area contributed by atoms with Crippen molar-refractivity contribution in [1.29, 1.82) is 0 Å². The molecule has 3 atom stereocenters. The highest BCUT2D eigenvalue weighted by Gasteiger charge is 2.63. The van der Waals surface area contributed by atoms with Crippen LogP contribution in [0.2, 0.25) is 0 Å². The SMILES string of the molecule is CCOC(=O)C1=C(CN2CC(F)(F)[C@@H]3[C@H]2CN(C(=O)C2CC2)N3CCC(C)(C)C(=O)O)NC(c2nccs2)=N[C@H]1c1cccc(F)c1C. The molecule has 3 fully saturated rings. The average molecular weight is 689 g/mol. The highest BCUT2D eigenvalue weighted by molar-refractivity contribution is 7.11. The first-order valence-electron chi connectivity index (χ1n) is 16.1. The average Bonchev–Trinajstić information content (AvgIpc) is 3.48. The number of carbonyl (C=O) groups excluding carboxylic acids is 2. The molecule has 1 aromatic carbocycles. The number of hydrogen-bond acceptors (Lipinski definition) is 10. The topological polar surface area (TPSA) is 128 Å². The van der Waals surface area contributed by atoms with E-state index in [1.807, 2.05) is 0 Å². The summed E-state index contributed by atoms with van der Waals surface area (Å²) in [5, 5.41) is 17.9. The molecule has 6 rings (SSSR count). The summed E-state index contributed by atoms with van der Waals surface area (Å²) in [7, 11) is 0. The van der Waals surface area contributed by atoms with Gasteiger partial charge >= 0.3 is 11.9 Å². The zero-order valence-electron chi connectivity index (χ0n) is 27.2. The molecule has 1 aliphatic carbocycles. The van der Waals surface area contributed by atoms with Crippen molar-refractivity contribution in [2.75, 3.05) is 32.8 Å². The van der Waals surface area contributed by atoms with E-state index in [1.54, 1.807) is 36.4 Å². The van der Waals surface area contributed by atoms with Gasteiger partial charge in [0.05, 0.1) is 36.7 Å². The van der Waals surface area contributed by atoms with Gasteiger partial charge in [0.1, 0.15) is 17.9 Å². The van der Waals surface area contributed by atoms with Gasteiger partial charge in [-0.2, -0.15) is 0 Å². The number of amides is 1. The first kappa shape index (κ1) is 34.1. The molecule has 4 aliphatic rings. The van der Waals surface area contributed by atoms with E-state index in [1.165, 1.54) is 47.3 Å². The molecule has 48 heavy (non-hydrogen) atoms. The second kappa shape index (κ2) is 12.9. The number of aliphatic carboxylic acids is 1. The molecule has 3 aliphatic heterocycles. The van der Waals surface area contributed by atoms with Crippen LogP contribution in [0, 0.1) is 24.1 Å². The van der Waals surface area contributed by atoms with Gasteiger partial charge in [0.2, 0.25) is 5.91 Å². The first-order chi connectivity index (χ1) is 22.7. The Morgan fingerprint density at radius 3 is 2.62 bits per heavy atom. The summed E-state index contributed by atoms with van der Waals surface area (Å²) in [6, 6.07) is 1.27. The molecule has 1 aromatic heterocycles. The van der Waals surface area contributed by atoms with E-state index in [2.05, 4.69) is 10.3 Å². The number of thiazole rings is 1. The lowest BCUT2D eigenvalue weighted by Crippen LogP contribution is -2.52. The summed E-state index contributed by atoms with van der Waals surface area (Å²) in [6.45, 7) is 5.48. The maximum absolute atomic E-state index is 16.2. The van der Waals surface area contributed by atoms with Crippen molar-refractivity contribution in [3.63, 3.8) is 0 Å². The second-order valence-corrected chi connectivity index (χ2v) is 14.3. The van der Waals surface area contributed by atoms with Crippen molar-refractivity contribution < 1.29 is 37.4 Å². The van der Waals surface area contributed by atoms with Crippen LogP contribution in [-0.4, -0.2) is 99.5 Å². The van der Waals surface area contributed by atoms with Crippen molar-refractivity contribution in [3.05, 3.63) is 63.0 Å². The number of nitrogens with one attached hydrogen (secondary N) is 1. The number of benzene rings is 1. The highest BCUT2D eigenvalue weighted by atomic mass is 32.1. The summed E-state index contributed by atoms with van der Waals surface area (Å²) in [5.74, 6) is -5.71. The van der Waals surface area contributed by atoms with Crippen LogP contribution in [-0.2, 0) is 19.1 Å². The Balaban J connectivity index is 1.39. The lowest BCUT2D eigenvalue weighted by Gasteiger charge is -2.35. The Bertz CT molecular complexity index is 1660. The van der Waals surface area contributed by atoms with Crippen molar-refractivity contribution in [1.82, 2.24) is 25.2 Å². The van der Waals surface area contributed by atoms with Gasteiger partial charge in [0, 0.05) is 36.3 Å². The number of hydrazine groups is 1. The lowest BCUT2D eigenvalue weighted by molar-refractivity contribution is -0.159. The summed E-state index contributed by atoms with van der Waals surface area (Å²) >= 11 is 1.29. The normalized spacial score (nSPS) is 24.4. The van der Waals surface area contributed by atoms with Gasteiger partial charge < -0.3 is 15.2 Å². The Labute approximate surface area is 280 Å². The lowest BCUT2D eigenvalue weighted by atomic mass is 9.89. The molecule has 2 saturated heterocycles. The third-order valence-corrected chi connectivity index (χ3v) is 10.4. The third kappa shape index (κ3) is 6.34. The monoisotopic (exact) mass is 688 g/mol. The van der Waals surface area contributed by atoms with E-state index >= 15 is 8.78 Å². The van der Waals surface area contributed by atoms with E-state index in [9.17, 15) is 23.9 Å².